The Hall–Kier alpha value is -1.72. The second-order valence-electron chi connectivity index (χ2n) is 7.57. The van der Waals surface area contributed by atoms with Gasteiger partial charge in [0, 0.05) is 22.1 Å². The van der Waals surface area contributed by atoms with E-state index >= 15 is 0 Å². The van der Waals surface area contributed by atoms with Gasteiger partial charge in [-0.05, 0) is 73.4 Å². The molecule has 0 bridgehead atoms. The number of rotatable bonds is 6. The van der Waals surface area contributed by atoms with Crippen LogP contribution in [0.25, 0.3) is 6.08 Å². The molecule has 2 heterocycles. The van der Waals surface area contributed by atoms with Crippen LogP contribution in [0.15, 0.2) is 29.2 Å². The molecule has 1 aromatic carbocycles. The molecule has 1 aliphatic heterocycles. The maximum Gasteiger partial charge on any atom is 0.257 e. The average Bonchev–Trinajstić information content (AvgIpc) is 3.06. The number of thioether (sulfide) groups is 1. The first-order chi connectivity index (χ1) is 13.6. The Balaban J connectivity index is 1.35. The molecule has 0 radical (unpaired) electrons. The van der Waals surface area contributed by atoms with E-state index in [1.165, 1.54) is 35.3 Å². The van der Waals surface area contributed by atoms with Crippen molar-refractivity contribution in [2.24, 2.45) is 5.92 Å². The molecule has 1 atom stereocenters. The third-order valence-corrected chi connectivity index (χ3v) is 7.73. The zero-order valence-corrected chi connectivity index (χ0v) is 18.2. The van der Waals surface area contributed by atoms with E-state index in [1.54, 1.807) is 22.2 Å². The van der Waals surface area contributed by atoms with Crippen molar-refractivity contribution in [1.82, 2.24) is 5.32 Å². The molecule has 5 heteroatoms. The van der Waals surface area contributed by atoms with Crippen molar-refractivity contribution in [3.63, 3.8) is 0 Å². The van der Waals surface area contributed by atoms with Gasteiger partial charge < -0.3 is 10.1 Å². The second kappa shape index (κ2) is 8.75. The van der Waals surface area contributed by atoms with Crippen molar-refractivity contribution in [3.8, 4) is 5.75 Å². The van der Waals surface area contributed by atoms with Crippen LogP contribution in [0.5, 0.6) is 5.75 Å². The third-order valence-electron chi connectivity index (χ3n) is 5.44. The van der Waals surface area contributed by atoms with Gasteiger partial charge >= 0.3 is 0 Å². The average molecular weight is 414 g/mol. The molecule has 0 saturated carbocycles. The van der Waals surface area contributed by atoms with Crippen LogP contribution in [0, 0.1) is 5.92 Å². The Bertz CT molecular complexity index is 883. The van der Waals surface area contributed by atoms with Gasteiger partial charge in [0.05, 0.1) is 11.5 Å². The first-order valence-corrected chi connectivity index (χ1v) is 11.9. The van der Waals surface area contributed by atoms with E-state index in [0.717, 1.165) is 28.7 Å². The lowest BCUT2D eigenvalue weighted by Crippen LogP contribution is -2.26. The molecule has 1 amide bonds. The van der Waals surface area contributed by atoms with Crippen LogP contribution in [-0.2, 0) is 29.8 Å². The predicted octanol–water partition coefficient (Wildman–Crippen LogP) is 5.22. The van der Waals surface area contributed by atoms with Gasteiger partial charge in [0.2, 0.25) is 0 Å². The number of hydrogen-bond donors (Lipinski definition) is 1. The molecule has 0 saturated heterocycles. The van der Waals surface area contributed by atoms with Crippen LogP contribution in [0.4, 0.5) is 0 Å². The molecule has 0 spiro atoms. The molecular weight excluding hydrogens is 386 g/mol. The maximum absolute atomic E-state index is 12.6. The highest BCUT2D eigenvalue weighted by molar-refractivity contribution is 8.03. The van der Waals surface area contributed by atoms with Gasteiger partial charge in [0.25, 0.3) is 5.91 Å². The predicted molar refractivity (Wildman–Crippen MR) is 119 cm³/mol. The van der Waals surface area contributed by atoms with E-state index in [2.05, 4.69) is 30.4 Å². The number of amides is 1. The van der Waals surface area contributed by atoms with Gasteiger partial charge in [-0.25, -0.2) is 0 Å². The van der Waals surface area contributed by atoms with Crippen LogP contribution in [-0.4, -0.2) is 19.1 Å². The van der Waals surface area contributed by atoms with Crippen LogP contribution >= 0.6 is 23.1 Å². The Kier molecular flexibility index (Phi) is 6.12. The lowest BCUT2D eigenvalue weighted by atomic mass is 9.88. The number of hydrogen-bond acceptors (Lipinski definition) is 4. The second-order valence-corrected chi connectivity index (χ2v) is 9.73. The van der Waals surface area contributed by atoms with E-state index in [9.17, 15) is 4.79 Å². The van der Waals surface area contributed by atoms with Gasteiger partial charge in [0.1, 0.15) is 5.75 Å². The van der Waals surface area contributed by atoms with E-state index in [0.29, 0.717) is 13.2 Å². The minimum atomic E-state index is 0.0568. The minimum Gasteiger partial charge on any atom is -0.494 e. The smallest absolute Gasteiger partial charge is 0.257 e. The van der Waals surface area contributed by atoms with Gasteiger partial charge in [-0.2, -0.15) is 0 Å². The number of fused-ring (bicyclic) bond motifs is 3. The molecule has 1 aliphatic carbocycles. The van der Waals surface area contributed by atoms with Crippen LogP contribution < -0.4 is 10.1 Å². The SMILES string of the molecule is CCOc1ccc(CCNC(=O)C2=Cc3sc4c(c3CS2)CC[C@H](C)C4)cc1. The molecule has 2 aliphatic rings. The molecule has 3 nitrogen and oxygen atoms in total. The largest absolute Gasteiger partial charge is 0.494 e. The first-order valence-electron chi connectivity index (χ1n) is 10.1. The van der Waals surface area contributed by atoms with E-state index in [-0.39, 0.29) is 5.91 Å². The van der Waals surface area contributed by atoms with Crippen LogP contribution in [0.2, 0.25) is 0 Å². The van der Waals surface area contributed by atoms with Crippen molar-refractivity contribution >= 4 is 35.1 Å². The number of nitrogens with one attached hydrogen (secondary N) is 1. The highest BCUT2D eigenvalue weighted by Gasteiger charge is 2.26. The van der Waals surface area contributed by atoms with Crippen molar-refractivity contribution in [1.29, 1.82) is 0 Å². The maximum atomic E-state index is 12.6. The molecule has 4 rings (SSSR count). The zero-order valence-electron chi connectivity index (χ0n) is 16.5. The fourth-order valence-electron chi connectivity index (χ4n) is 3.88. The summed E-state index contributed by atoms with van der Waals surface area (Å²) in [4.78, 5) is 16.3. The summed E-state index contributed by atoms with van der Waals surface area (Å²) in [6, 6.07) is 8.10. The van der Waals surface area contributed by atoms with Gasteiger partial charge in [-0.15, -0.1) is 23.1 Å². The summed E-state index contributed by atoms with van der Waals surface area (Å²) in [6.07, 6.45) is 6.65. The quantitative estimate of drug-likeness (QED) is 0.706. The van der Waals surface area contributed by atoms with E-state index in [4.69, 9.17) is 4.74 Å². The van der Waals surface area contributed by atoms with Crippen LogP contribution in [0.1, 0.15) is 46.7 Å². The molecule has 1 N–H and O–H groups in total. The standard InChI is InChI=1S/C23H27NO2S2/c1-3-26-17-7-5-16(6-8-17)10-11-24-23(25)22-13-21-19(14-27-22)18-9-4-15(2)12-20(18)28-21/h5-8,13,15H,3-4,9-12,14H2,1-2H3,(H,24,25)/t15-/m0/s1. The zero-order chi connectivity index (χ0) is 19.5. The molecule has 28 heavy (non-hydrogen) atoms. The molecular formula is C23H27NO2S2. The lowest BCUT2D eigenvalue weighted by Gasteiger charge is -2.19. The summed E-state index contributed by atoms with van der Waals surface area (Å²) in [5.41, 5.74) is 4.27. The van der Waals surface area contributed by atoms with Gasteiger partial charge in [-0.3, -0.25) is 4.79 Å². The summed E-state index contributed by atoms with van der Waals surface area (Å²) in [5, 5.41) is 3.09. The monoisotopic (exact) mass is 413 g/mol. The Morgan fingerprint density at radius 3 is 2.86 bits per heavy atom. The molecule has 0 unspecified atom stereocenters. The van der Waals surface area contributed by atoms with Crippen molar-refractivity contribution in [2.75, 3.05) is 13.2 Å². The van der Waals surface area contributed by atoms with Crippen LogP contribution in [0.3, 0.4) is 0 Å². The summed E-state index contributed by atoms with van der Waals surface area (Å²) in [5.74, 6) is 2.67. The van der Waals surface area contributed by atoms with Gasteiger partial charge in [-0.1, -0.05) is 19.1 Å². The Labute approximate surface area is 175 Å². The Morgan fingerprint density at radius 1 is 1.25 bits per heavy atom. The minimum absolute atomic E-state index is 0.0568. The molecule has 148 valence electrons. The van der Waals surface area contributed by atoms with Gasteiger partial charge in [0.15, 0.2) is 0 Å². The molecule has 0 fully saturated rings. The molecule has 2 aromatic rings. The number of ether oxygens (including phenoxy) is 1. The summed E-state index contributed by atoms with van der Waals surface area (Å²) < 4.78 is 5.47. The highest BCUT2D eigenvalue weighted by atomic mass is 32.2. The fourth-order valence-corrected chi connectivity index (χ4v) is 6.56. The van der Waals surface area contributed by atoms with Crippen molar-refractivity contribution in [3.05, 3.63) is 55.6 Å². The first kappa shape index (κ1) is 19.6. The summed E-state index contributed by atoms with van der Waals surface area (Å²) in [7, 11) is 0. The van der Waals surface area contributed by atoms with Crippen molar-refractivity contribution < 1.29 is 9.53 Å². The number of benzene rings is 1. The summed E-state index contributed by atoms with van der Waals surface area (Å²) >= 11 is 3.59. The number of carbonyl (C=O) groups excluding carboxylic acids is 1. The van der Waals surface area contributed by atoms with Crippen molar-refractivity contribution in [2.45, 2.75) is 45.3 Å². The normalized spacial score (nSPS) is 18.1. The lowest BCUT2D eigenvalue weighted by molar-refractivity contribution is -0.116. The highest BCUT2D eigenvalue weighted by Crippen LogP contribution is 2.43. The number of thiophene rings is 1. The topological polar surface area (TPSA) is 38.3 Å². The fraction of sp³-hybridized carbons (Fsp3) is 0.435. The summed E-state index contributed by atoms with van der Waals surface area (Å²) in [6.45, 7) is 5.65. The third kappa shape index (κ3) is 4.31. The number of carbonyl (C=O) groups is 1. The molecule has 1 aromatic heterocycles. The Morgan fingerprint density at radius 2 is 2.07 bits per heavy atom. The van der Waals surface area contributed by atoms with E-state index < -0.39 is 0 Å². The van der Waals surface area contributed by atoms with E-state index in [1.807, 2.05) is 30.4 Å².